The number of aliphatic carboxylic acids is 1. The largest absolute Gasteiger partial charge is 0.481 e. The lowest BCUT2D eigenvalue weighted by Crippen LogP contribution is -2.35. The molecule has 2 aromatic rings. The summed E-state index contributed by atoms with van der Waals surface area (Å²) in [5.74, 6) is -2.15. The fraction of sp³-hybridized carbons (Fsp3) is 0.348. The van der Waals surface area contributed by atoms with E-state index in [4.69, 9.17) is 0 Å². The number of aryl methyl sites for hydroxylation is 1. The highest BCUT2D eigenvalue weighted by atomic mass is 16.4. The maximum Gasteiger partial charge on any atom is 0.308 e. The topological polar surface area (TPSA) is 86.7 Å². The van der Waals surface area contributed by atoms with E-state index in [2.05, 4.69) is 5.32 Å². The first-order valence-electron chi connectivity index (χ1n) is 9.74. The maximum absolute atomic E-state index is 13.0. The number of amides is 2. The van der Waals surface area contributed by atoms with E-state index in [1.54, 1.807) is 4.90 Å². The molecule has 6 heteroatoms. The van der Waals surface area contributed by atoms with Crippen molar-refractivity contribution < 1.29 is 19.5 Å². The van der Waals surface area contributed by atoms with Crippen molar-refractivity contribution in [3.63, 3.8) is 0 Å². The lowest BCUT2D eigenvalue weighted by Gasteiger charge is -2.22. The Morgan fingerprint density at radius 3 is 2.31 bits per heavy atom. The molecule has 1 aliphatic rings. The number of nitrogens with one attached hydrogen (secondary N) is 1. The standard InChI is InChI=1S/C23H26N2O4/c1-15-8-10-18(11-9-15)21(24-16(2)26)12-22(27)25-13-19(20(14-25)23(28)29)17-6-4-3-5-7-17/h3-11,19-21H,12-14H2,1-2H3,(H,24,26)(H,28,29)/t19-,20-,21?/m0/s1. The van der Waals surface area contributed by atoms with Crippen LogP contribution in [0.2, 0.25) is 0 Å². The van der Waals surface area contributed by atoms with Gasteiger partial charge in [0.05, 0.1) is 18.4 Å². The molecular weight excluding hydrogens is 368 g/mol. The van der Waals surface area contributed by atoms with E-state index in [-0.39, 0.29) is 30.7 Å². The first kappa shape index (κ1) is 20.6. The number of carboxylic acid groups (broad SMARTS) is 1. The van der Waals surface area contributed by atoms with Crippen molar-refractivity contribution in [1.29, 1.82) is 0 Å². The summed E-state index contributed by atoms with van der Waals surface area (Å²) < 4.78 is 0. The SMILES string of the molecule is CC(=O)NC(CC(=O)N1C[C@H](C(=O)O)[C@H](c2ccccc2)C1)c1ccc(C)cc1. The summed E-state index contributed by atoms with van der Waals surface area (Å²) >= 11 is 0. The fourth-order valence-electron chi connectivity index (χ4n) is 3.90. The lowest BCUT2D eigenvalue weighted by atomic mass is 9.89. The zero-order valence-electron chi connectivity index (χ0n) is 16.7. The minimum atomic E-state index is -0.897. The minimum absolute atomic E-state index is 0.0937. The number of hydrogen-bond acceptors (Lipinski definition) is 3. The number of carboxylic acids is 1. The van der Waals surface area contributed by atoms with Crippen LogP contribution < -0.4 is 5.32 Å². The number of hydrogen-bond donors (Lipinski definition) is 2. The van der Waals surface area contributed by atoms with Crippen molar-refractivity contribution in [2.24, 2.45) is 5.92 Å². The molecule has 2 aromatic carbocycles. The average molecular weight is 394 g/mol. The van der Waals surface area contributed by atoms with Crippen LogP contribution >= 0.6 is 0 Å². The summed E-state index contributed by atoms with van der Waals surface area (Å²) in [6.07, 6.45) is 0.0937. The van der Waals surface area contributed by atoms with E-state index in [0.29, 0.717) is 6.54 Å². The molecule has 0 spiro atoms. The zero-order valence-corrected chi connectivity index (χ0v) is 16.7. The molecule has 1 saturated heterocycles. The Balaban J connectivity index is 1.76. The summed E-state index contributed by atoms with van der Waals surface area (Å²) in [6, 6.07) is 16.7. The van der Waals surface area contributed by atoms with Gasteiger partial charge in [-0.3, -0.25) is 14.4 Å². The summed E-state index contributed by atoms with van der Waals surface area (Å²) in [5, 5.41) is 12.5. The third-order valence-corrected chi connectivity index (χ3v) is 5.45. The average Bonchev–Trinajstić information content (AvgIpc) is 3.14. The Hall–Kier alpha value is -3.15. The van der Waals surface area contributed by atoms with Gasteiger partial charge in [0.15, 0.2) is 0 Å². The van der Waals surface area contributed by atoms with Gasteiger partial charge in [-0.2, -0.15) is 0 Å². The second-order valence-electron chi connectivity index (χ2n) is 7.63. The van der Waals surface area contributed by atoms with E-state index in [9.17, 15) is 19.5 Å². The van der Waals surface area contributed by atoms with Crippen LogP contribution in [0.3, 0.4) is 0 Å². The van der Waals surface area contributed by atoms with Crippen LogP contribution in [-0.4, -0.2) is 40.9 Å². The molecule has 1 unspecified atom stereocenters. The molecule has 0 aliphatic carbocycles. The van der Waals surface area contributed by atoms with E-state index < -0.39 is 17.9 Å². The number of likely N-dealkylation sites (tertiary alicyclic amines) is 1. The van der Waals surface area contributed by atoms with Gasteiger partial charge in [0.2, 0.25) is 11.8 Å². The molecule has 6 nitrogen and oxygen atoms in total. The number of nitrogens with zero attached hydrogens (tertiary/aromatic N) is 1. The van der Waals surface area contributed by atoms with Gasteiger partial charge in [-0.1, -0.05) is 60.2 Å². The molecule has 0 bridgehead atoms. The Labute approximate surface area is 170 Å². The maximum atomic E-state index is 13.0. The third-order valence-electron chi connectivity index (χ3n) is 5.45. The Morgan fingerprint density at radius 1 is 1.07 bits per heavy atom. The summed E-state index contributed by atoms with van der Waals surface area (Å²) in [5.41, 5.74) is 2.87. The summed E-state index contributed by atoms with van der Waals surface area (Å²) in [6.45, 7) is 3.94. The van der Waals surface area contributed by atoms with Gasteiger partial charge >= 0.3 is 5.97 Å². The highest BCUT2D eigenvalue weighted by Crippen LogP contribution is 2.34. The predicted molar refractivity (Wildman–Crippen MR) is 109 cm³/mol. The molecular formula is C23H26N2O4. The molecule has 1 aliphatic heterocycles. The minimum Gasteiger partial charge on any atom is -0.481 e. The third kappa shape index (κ3) is 5.02. The molecule has 0 saturated carbocycles. The van der Waals surface area contributed by atoms with Gasteiger partial charge < -0.3 is 15.3 Å². The lowest BCUT2D eigenvalue weighted by molar-refractivity contribution is -0.141. The number of carbonyl (C=O) groups excluding carboxylic acids is 2. The fourth-order valence-corrected chi connectivity index (χ4v) is 3.90. The second kappa shape index (κ2) is 8.90. The van der Waals surface area contributed by atoms with Gasteiger partial charge in [-0.25, -0.2) is 0 Å². The first-order valence-corrected chi connectivity index (χ1v) is 9.74. The molecule has 2 amide bonds. The molecule has 3 atom stereocenters. The van der Waals surface area contributed by atoms with Crippen LogP contribution in [0.5, 0.6) is 0 Å². The highest BCUT2D eigenvalue weighted by Gasteiger charge is 2.40. The molecule has 0 aromatic heterocycles. The van der Waals surface area contributed by atoms with E-state index in [0.717, 1.165) is 16.7 Å². The van der Waals surface area contributed by atoms with Crippen molar-refractivity contribution in [2.45, 2.75) is 32.2 Å². The molecule has 0 radical (unpaired) electrons. The Kier molecular flexibility index (Phi) is 6.32. The van der Waals surface area contributed by atoms with Crippen LogP contribution in [0.15, 0.2) is 54.6 Å². The van der Waals surface area contributed by atoms with Crippen LogP contribution in [0.1, 0.15) is 42.0 Å². The van der Waals surface area contributed by atoms with Gasteiger partial charge in [-0.05, 0) is 18.1 Å². The van der Waals surface area contributed by atoms with Crippen molar-refractivity contribution in [1.82, 2.24) is 10.2 Å². The van der Waals surface area contributed by atoms with Gasteiger partial charge in [-0.15, -0.1) is 0 Å². The van der Waals surface area contributed by atoms with E-state index in [1.807, 2.05) is 61.5 Å². The molecule has 29 heavy (non-hydrogen) atoms. The Morgan fingerprint density at radius 2 is 1.72 bits per heavy atom. The van der Waals surface area contributed by atoms with Crippen molar-refractivity contribution in [2.75, 3.05) is 13.1 Å². The van der Waals surface area contributed by atoms with Crippen LogP contribution in [-0.2, 0) is 14.4 Å². The van der Waals surface area contributed by atoms with Crippen molar-refractivity contribution in [3.05, 3.63) is 71.3 Å². The first-order chi connectivity index (χ1) is 13.8. The van der Waals surface area contributed by atoms with Crippen LogP contribution in [0.25, 0.3) is 0 Å². The van der Waals surface area contributed by atoms with Gasteiger partial charge in [0.25, 0.3) is 0 Å². The molecule has 3 rings (SSSR count). The van der Waals surface area contributed by atoms with Crippen molar-refractivity contribution in [3.8, 4) is 0 Å². The molecule has 152 valence electrons. The second-order valence-corrected chi connectivity index (χ2v) is 7.63. The monoisotopic (exact) mass is 394 g/mol. The van der Waals surface area contributed by atoms with Crippen LogP contribution in [0.4, 0.5) is 0 Å². The number of benzene rings is 2. The highest BCUT2D eigenvalue weighted by molar-refractivity contribution is 5.81. The molecule has 1 heterocycles. The smallest absolute Gasteiger partial charge is 0.308 e. The number of rotatable bonds is 6. The van der Waals surface area contributed by atoms with Gasteiger partial charge in [0, 0.05) is 25.9 Å². The van der Waals surface area contributed by atoms with E-state index >= 15 is 0 Å². The normalized spacial score (nSPS) is 19.6. The van der Waals surface area contributed by atoms with Gasteiger partial charge in [0.1, 0.15) is 0 Å². The van der Waals surface area contributed by atoms with Crippen molar-refractivity contribution >= 4 is 17.8 Å². The molecule has 1 fully saturated rings. The quantitative estimate of drug-likeness (QED) is 0.789. The number of carbonyl (C=O) groups is 3. The molecule has 2 N–H and O–H groups in total. The Bertz CT molecular complexity index is 880. The van der Waals surface area contributed by atoms with Crippen LogP contribution in [0, 0.1) is 12.8 Å². The summed E-state index contributed by atoms with van der Waals surface area (Å²) in [7, 11) is 0. The summed E-state index contributed by atoms with van der Waals surface area (Å²) in [4.78, 5) is 38.1. The van der Waals surface area contributed by atoms with E-state index in [1.165, 1.54) is 6.92 Å². The predicted octanol–water partition coefficient (Wildman–Crippen LogP) is 2.89. The zero-order chi connectivity index (χ0) is 21.0.